The molecule has 140 valence electrons. The first-order chi connectivity index (χ1) is 12.8. The van der Waals surface area contributed by atoms with Crippen molar-refractivity contribution >= 4 is 17.5 Å². The summed E-state index contributed by atoms with van der Waals surface area (Å²) in [4.78, 5) is 28.9. The molecule has 2 aliphatic heterocycles. The molecule has 2 aromatic rings. The van der Waals surface area contributed by atoms with Gasteiger partial charge in [-0.1, -0.05) is 45.0 Å². The molecule has 4 nitrogen and oxygen atoms in total. The van der Waals surface area contributed by atoms with E-state index in [4.69, 9.17) is 0 Å². The minimum absolute atomic E-state index is 0.0184. The van der Waals surface area contributed by atoms with Crippen LogP contribution in [0.5, 0.6) is 0 Å². The number of nitrogens with zero attached hydrogens (tertiary/aromatic N) is 2. The Bertz CT molecular complexity index is 901. The monoisotopic (exact) mass is 366 g/mol. The quantitative estimate of drug-likeness (QED) is 0.812. The summed E-state index contributed by atoms with van der Waals surface area (Å²) in [6.45, 7) is 6.81. The number of amides is 2. The Hall–Kier alpha value is -2.69. The Morgan fingerprint density at radius 3 is 2.33 bits per heavy atom. The van der Waals surface area contributed by atoms with E-state index < -0.39 is 11.9 Å². The summed E-state index contributed by atoms with van der Waals surface area (Å²) in [5.74, 6) is -0.741. The van der Waals surface area contributed by atoms with Crippen LogP contribution in [-0.4, -0.2) is 35.3 Å². The number of carbonyl (C=O) groups excluding carboxylic acids is 2. The fourth-order valence-electron chi connectivity index (χ4n) is 4.04. The average Bonchev–Trinajstić information content (AvgIpc) is 3.19. The Labute approximate surface area is 158 Å². The van der Waals surface area contributed by atoms with Gasteiger partial charge in [0.1, 0.15) is 11.9 Å². The second-order valence-electron chi connectivity index (χ2n) is 8.35. The number of piperazine rings is 1. The first kappa shape index (κ1) is 17.7. The molecular formula is C22H23FN2O2. The first-order valence-corrected chi connectivity index (χ1v) is 9.26. The van der Waals surface area contributed by atoms with Gasteiger partial charge in [-0.25, -0.2) is 4.39 Å². The standard InChI is InChI=1S/C22H23FN2O2/c1-22(2,3)15-10-8-14(9-11-15)20(26)24-13-16-12-19(24)21(27)25(16)18-7-5-4-6-17(18)23/h4-11,16,19H,12-13H2,1-3H3/t16-,19-/m0/s1. The van der Waals surface area contributed by atoms with Gasteiger partial charge in [-0.15, -0.1) is 0 Å². The zero-order valence-corrected chi connectivity index (χ0v) is 15.8. The van der Waals surface area contributed by atoms with Crippen molar-refractivity contribution in [1.82, 2.24) is 4.90 Å². The van der Waals surface area contributed by atoms with E-state index >= 15 is 0 Å². The molecule has 0 spiro atoms. The third-order valence-corrected chi connectivity index (χ3v) is 5.54. The summed E-state index contributed by atoms with van der Waals surface area (Å²) < 4.78 is 14.1. The molecule has 2 bridgehead atoms. The van der Waals surface area contributed by atoms with Gasteiger partial charge in [0.15, 0.2) is 0 Å². The van der Waals surface area contributed by atoms with Crippen molar-refractivity contribution in [1.29, 1.82) is 0 Å². The third-order valence-electron chi connectivity index (χ3n) is 5.54. The summed E-state index contributed by atoms with van der Waals surface area (Å²) in [5.41, 5.74) is 2.06. The van der Waals surface area contributed by atoms with Crippen molar-refractivity contribution in [3.63, 3.8) is 0 Å². The molecule has 0 radical (unpaired) electrons. The van der Waals surface area contributed by atoms with Crippen LogP contribution in [0, 0.1) is 5.82 Å². The smallest absolute Gasteiger partial charge is 0.254 e. The highest BCUT2D eigenvalue weighted by molar-refractivity contribution is 6.06. The molecule has 2 heterocycles. The van der Waals surface area contributed by atoms with Gasteiger partial charge < -0.3 is 9.80 Å². The van der Waals surface area contributed by atoms with Crippen molar-refractivity contribution in [3.8, 4) is 0 Å². The van der Waals surface area contributed by atoms with E-state index in [0.717, 1.165) is 5.56 Å². The van der Waals surface area contributed by atoms with Crippen LogP contribution >= 0.6 is 0 Å². The van der Waals surface area contributed by atoms with Crippen LogP contribution in [0.3, 0.4) is 0 Å². The molecule has 2 aliphatic rings. The summed E-state index contributed by atoms with van der Waals surface area (Å²) in [6, 6.07) is 13.2. The highest BCUT2D eigenvalue weighted by Crippen LogP contribution is 2.37. The molecule has 2 aromatic carbocycles. The van der Waals surface area contributed by atoms with Gasteiger partial charge in [0.25, 0.3) is 5.91 Å². The molecular weight excluding hydrogens is 343 g/mol. The van der Waals surface area contributed by atoms with Gasteiger partial charge in [0.2, 0.25) is 5.91 Å². The molecule has 2 fully saturated rings. The number of para-hydroxylation sites is 1. The number of rotatable bonds is 2. The molecule has 2 atom stereocenters. The molecule has 0 N–H and O–H groups in total. The number of likely N-dealkylation sites (tertiary alicyclic amines) is 1. The van der Waals surface area contributed by atoms with Crippen molar-refractivity contribution in [3.05, 3.63) is 65.5 Å². The molecule has 2 saturated heterocycles. The van der Waals surface area contributed by atoms with Crippen LogP contribution < -0.4 is 4.90 Å². The number of fused-ring (bicyclic) bond motifs is 2. The largest absolute Gasteiger partial charge is 0.324 e. The molecule has 4 rings (SSSR count). The molecule has 0 unspecified atom stereocenters. The second kappa shape index (κ2) is 6.19. The lowest BCUT2D eigenvalue weighted by Gasteiger charge is -2.34. The van der Waals surface area contributed by atoms with Crippen LogP contribution in [-0.2, 0) is 10.2 Å². The Balaban J connectivity index is 1.54. The zero-order chi connectivity index (χ0) is 19.3. The molecule has 0 aliphatic carbocycles. The highest BCUT2D eigenvalue weighted by atomic mass is 19.1. The number of hydrogen-bond donors (Lipinski definition) is 0. The van der Waals surface area contributed by atoms with E-state index in [1.807, 2.05) is 24.3 Å². The molecule has 2 amide bonds. The maximum atomic E-state index is 14.1. The predicted octanol–water partition coefficient (Wildman–Crippen LogP) is 3.75. The Morgan fingerprint density at radius 1 is 1.07 bits per heavy atom. The molecule has 5 heteroatoms. The lowest BCUT2D eigenvalue weighted by atomic mass is 9.86. The van der Waals surface area contributed by atoms with Crippen molar-refractivity contribution in [2.24, 2.45) is 0 Å². The summed E-state index contributed by atoms with van der Waals surface area (Å²) in [5, 5.41) is 0. The number of halogens is 1. The van der Waals surface area contributed by atoms with Gasteiger partial charge in [-0.05, 0) is 41.7 Å². The molecule has 0 aromatic heterocycles. The first-order valence-electron chi connectivity index (χ1n) is 9.26. The fourth-order valence-corrected chi connectivity index (χ4v) is 4.04. The minimum Gasteiger partial charge on any atom is -0.324 e. The number of anilines is 1. The summed E-state index contributed by atoms with van der Waals surface area (Å²) in [7, 11) is 0. The van der Waals surface area contributed by atoms with E-state index in [1.54, 1.807) is 23.1 Å². The van der Waals surface area contributed by atoms with Crippen LogP contribution in [0.25, 0.3) is 0 Å². The predicted molar refractivity (Wildman–Crippen MR) is 102 cm³/mol. The van der Waals surface area contributed by atoms with Crippen LogP contribution in [0.15, 0.2) is 48.5 Å². The van der Waals surface area contributed by atoms with E-state index in [2.05, 4.69) is 20.8 Å². The normalized spacial score (nSPS) is 21.9. The van der Waals surface area contributed by atoms with Gasteiger partial charge in [-0.3, -0.25) is 9.59 Å². The number of hydrogen-bond acceptors (Lipinski definition) is 2. The zero-order valence-electron chi connectivity index (χ0n) is 15.8. The molecule has 0 saturated carbocycles. The lowest BCUT2D eigenvalue weighted by molar-refractivity contribution is -0.121. The van der Waals surface area contributed by atoms with Crippen molar-refractivity contribution in [2.75, 3.05) is 11.4 Å². The van der Waals surface area contributed by atoms with E-state index in [1.165, 1.54) is 11.0 Å². The maximum Gasteiger partial charge on any atom is 0.254 e. The highest BCUT2D eigenvalue weighted by Gasteiger charge is 2.52. The minimum atomic E-state index is -0.510. The summed E-state index contributed by atoms with van der Waals surface area (Å²) >= 11 is 0. The second-order valence-corrected chi connectivity index (χ2v) is 8.35. The van der Waals surface area contributed by atoms with Gasteiger partial charge in [-0.2, -0.15) is 0 Å². The number of benzene rings is 2. The average molecular weight is 366 g/mol. The topological polar surface area (TPSA) is 40.6 Å². The van der Waals surface area contributed by atoms with E-state index in [-0.39, 0.29) is 23.3 Å². The maximum absolute atomic E-state index is 14.1. The summed E-state index contributed by atoms with van der Waals surface area (Å²) in [6.07, 6.45) is 0.555. The lowest BCUT2D eigenvalue weighted by Crippen LogP contribution is -2.52. The Morgan fingerprint density at radius 2 is 1.74 bits per heavy atom. The number of carbonyl (C=O) groups is 2. The van der Waals surface area contributed by atoms with E-state index in [9.17, 15) is 14.0 Å². The van der Waals surface area contributed by atoms with Crippen molar-refractivity contribution in [2.45, 2.75) is 44.7 Å². The third kappa shape index (κ3) is 2.91. The van der Waals surface area contributed by atoms with Gasteiger partial charge >= 0.3 is 0 Å². The SMILES string of the molecule is CC(C)(C)c1ccc(C(=O)N2C[C@@H]3C[C@H]2C(=O)N3c2ccccc2F)cc1. The van der Waals surface area contributed by atoms with Crippen LogP contribution in [0.2, 0.25) is 0 Å². The Kier molecular flexibility index (Phi) is 4.06. The molecule has 27 heavy (non-hydrogen) atoms. The van der Waals surface area contributed by atoms with Gasteiger partial charge in [0, 0.05) is 12.1 Å². The van der Waals surface area contributed by atoms with E-state index in [0.29, 0.717) is 24.2 Å². The fraction of sp³-hybridized carbons (Fsp3) is 0.364. The van der Waals surface area contributed by atoms with Crippen LogP contribution in [0.1, 0.15) is 43.1 Å². The van der Waals surface area contributed by atoms with Crippen molar-refractivity contribution < 1.29 is 14.0 Å². The van der Waals surface area contributed by atoms with Gasteiger partial charge in [0.05, 0.1) is 11.7 Å². The van der Waals surface area contributed by atoms with Crippen LogP contribution in [0.4, 0.5) is 10.1 Å².